The molecule has 0 amide bonds. The van der Waals surface area contributed by atoms with Crippen molar-refractivity contribution in [2.75, 3.05) is 0 Å². The van der Waals surface area contributed by atoms with E-state index < -0.39 is 0 Å². The Bertz CT molecular complexity index is 215. The van der Waals surface area contributed by atoms with Crippen LogP contribution in [0.5, 0.6) is 0 Å². The number of Topliss-reactive ketones (excluding diaryl/α,β-unsaturated/α-hetero) is 1. The number of ketones is 1. The van der Waals surface area contributed by atoms with Crippen LogP contribution >= 0.6 is 0 Å². The van der Waals surface area contributed by atoms with E-state index >= 15 is 0 Å². The second kappa shape index (κ2) is 6.00. The van der Waals surface area contributed by atoms with Crippen molar-refractivity contribution in [3.05, 3.63) is 11.6 Å². The highest BCUT2D eigenvalue weighted by Crippen LogP contribution is 2.30. The van der Waals surface area contributed by atoms with Gasteiger partial charge in [0.05, 0.1) is 0 Å². The van der Waals surface area contributed by atoms with Gasteiger partial charge < -0.3 is 0 Å². The van der Waals surface area contributed by atoms with Gasteiger partial charge in [0.1, 0.15) is 0 Å². The summed E-state index contributed by atoms with van der Waals surface area (Å²) >= 11 is 0. The summed E-state index contributed by atoms with van der Waals surface area (Å²) in [6.07, 6.45) is 11.3. The number of hydrogen-bond donors (Lipinski definition) is 0. The topological polar surface area (TPSA) is 17.1 Å². The second-order valence-electron chi connectivity index (χ2n) is 4.42. The van der Waals surface area contributed by atoms with Gasteiger partial charge in [-0.3, -0.25) is 4.79 Å². The standard InChI is InChI=1S/C13H22O/c1-3-4-5-6-7-8-12-9-13(10-12)11(2)14/h9,12H,3-8,10H2,1-2H3. The first-order valence-electron chi connectivity index (χ1n) is 5.95. The first-order valence-corrected chi connectivity index (χ1v) is 5.95. The van der Waals surface area contributed by atoms with Crippen LogP contribution in [-0.2, 0) is 4.79 Å². The van der Waals surface area contributed by atoms with E-state index in [4.69, 9.17) is 0 Å². The average Bonchev–Trinajstić information content (AvgIpc) is 2.06. The maximum Gasteiger partial charge on any atom is 0.155 e. The van der Waals surface area contributed by atoms with Crippen molar-refractivity contribution in [2.45, 2.75) is 58.8 Å². The summed E-state index contributed by atoms with van der Waals surface area (Å²) in [4.78, 5) is 10.9. The molecule has 0 N–H and O–H groups in total. The smallest absolute Gasteiger partial charge is 0.155 e. The number of carbonyl (C=O) groups is 1. The zero-order valence-electron chi connectivity index (χ0n) is 9.51. The Kier molecular flexibility index (Phi) is 4.92. The van der Waals surface area contributed by atoms with Gasteiger partial charge >= 0.3 is 0 Å². The molecule has 0 saturated heterocycles. The Balaban J connectivity index is 1.98. The molecule has 0 heterocycles. The maximum atomic E-state index is 10.9. The largest absolute Gasteiger partial charge is 0.295 e. The van der Waals surface area contributed by atoms with Crippen molar-refractivity contribution in [2.24, 2.45) is 5.92 Å². The number of unbranched alkanes of at least 4 members (excludes halogenated alkanes) is 4. The molecule has 1 aliphatic carbocycles. The van der Waals surface area contributed by atoms with E-state index in [1.165, 1.54) is 38.5 Å². The van der Waals surface area contributed by atoms with Crippen LogP contribution in [0.25, 0.3) is 0 Å². The van der Waals surface area contributed by atoms with Gasteiger partial charge in [0.2, 0.25) is 0 Å². The first-order chi connectivity index (χ1) is 6.74. The van der Waals surface area contributed by atoms with Gasteiger partial charge in [-0.1, -0.05) is 45.1 Å². The van der Waals surface area contributed by atoms with Crippen molar-refractivity contribution in [1.29, 1.82) is 0 Å². The molecule has 0 aromatic carbocycles. The van der Waals surface area contributed by atoms with Crippen LogP contribution in [0.3, 0.4) is 0 Å². The summed E-state index contributed by atoms with van der Waals surface area (Å²) in [6, 6.07) is 0. The Morgan fingerprint density at radius 2 is 2.00 bits per heavy atom. The lowest BCUT2D eigenvalue weighted by Crippen LogP contribution is -2.15. The number of rotatable bonds is 7. The zero-order chi connectivity index (χ0) is 10.4. The van der Waals surface area contributed by atoms with Gasteiger partial charge in [-0.25, -0.2) is 0 Å². The quantitative estimate of drug-likeness (QED) is 0.562. The van der Waals surface area contributed by atoms with E-state index in [0.717, 1.165) is 17.9 Å². The molecule has 1 nitrogen and oxygen atoms in total. The van der Waals surface area contributed by atoms with Gasteiger partial charge in [0.25, 0.3) is 0 Å². The summed E-state index contributed by atoms with van der Waals surface area (Å²) in [6.45, 7) is 3.91. The molecule has 0 spiro atoms. The van der Waals surface area contributed by atoms with Gasteiger partial charge in [-0.2, -0.15) is 0 Å². The van der Waals surface area contributed by atoms with Crippen LogP contribution in [0.15, 0.2) is 11.6 Å². The molecule has 0 radical (unpaired) electrons. The van der Waals surface area contributed by atoms with Crippen molar-refractivity contribution < 1.29 is 4.79 Å². The van der Waals surface area contributed by atoms with Gasteiger partial charge in [-0.05, 0) is 31.3 Å². The van der Waals surface area contributed by atoms with E-state index in [1.54, 1.807) is 6.92 Å². The fraction of sp³-hybridized carbons (Fsp3) is 0.769. The molecule has 0 saturated carbocycles. The fourth-order valence-electron chi connectivity index (χ4n) is 1.99. The monoisotopic (exact) mass is 194 g/mol. The number of hydrogen-bond acceptors (Lipinski definition) is 1. The van der Waals surface area contributed by atoms with Crippen LogP contribution in [0.4, 0.5) is 0 Å². The molecule has 14 heavy (non-hydrogen) atoms. The van der Waals surface area contributed by atoms with Crippen LogP contribution in [0, 0.1) is 5.92 Å². The van der Waals surface area contributed by atoms with Crippen LogP contribution < -0.4 is 0 Å². The molecule has 1 aliphatic rings. The lowest BCUT2D eigenvalue weighted by Gasteiger charge is -2.23. The maximum absolute atomic E-state index is 10.9. The van der Waals surface area contributed by atoms with E-state index in [9.17, 15) is 4.79 Å². The predicted octanol–water partition coefficient (Wildman–Crippen LogP) is 3.88. The number of carbonyl (C=O) groups excluding carboxylic acids is 1. The van der Waals surface area contributed by atoms with Gasteiger partial charge in [0, 0.05) is 0 Å². The third-order valence-electron chi connectivity index (χ3n) is 3.05. The minimum absolute atomic E-state index is 0.271. The van der Waals surface area contributed by atoms with E-state index in [0.29, 0.717) is 0 Å². The summed E-state index contributed by atoms with van der Waals surface area (Å²) in [5.41, 5.74) is 1.06. The minimum atomic E-state index is 0.271. The molecule has 0 bridgehead atoms. The highest BCUT2D eigenvalue weighted by atomic mass is 16.1. The Morgan fingerprint density at radius 1 is 1.36 bits per heavy atom. The summed E-state index contributed by atoms with van der Waals surface area (Å²) in [5, 5.41) is 0. The third kappa shape index (κ3) is 3.65. The SMILES string of the molecule is CCCCCCCC1C=C(C(C)=O)C1. The Hall–Kier alpha value is -0.590. The fourth-order valence-corrected chi connectivity index (χ4v) is 1.99. The summed E-state index contributed by atoms with van der Waals surface area (Å²) in [5.74, 6) is 0.989. The van der Waals surface area contributed by atoms with Crippen molar-refractivity contribution in [1.82, 2.24) is 0 Å². The summed E-state index contributed by atoms with van der Waals surface area (Å²) < 4.78 is 0. The summed E-state index contributed by atoms with van der Waals surface area (Å²) in [7, 11) is 0. The number of allylic oxidation sites excluding steroid dienone is 2. The van der Waals surface area contributed by atoms with Crippen molar-refractivity contribution in [3.63, 3.8) is 0 Å². The molecular formula is C13H22O. The normalized spacial score (nSPS) is 20.1. The predicted molar refractivity (Wildman–Crippen MR) is 60.2 cm³/mol. The van der Waals surface area contributed by atoms with E-state index in [-0.39, 0.29) is 5.78 Å². The van der Waals surface area contributed by atoms with Crippen LogP contribution in [0.1, 0.15) is 58.8 Å². The average molecular weight is 194 g/mol. The molecular weight excluding hydrogens is 172 g/mol. The van der Waals surface area contributed by atoms with Gasteiger partial charge in [0.15, 0.2) is 5.78 Å². The molecule has 1 heteroatoms. The molecule has 0 aromatic rings. The molecule has 80 valence electrons. The Morgan fingerprint density at radius 3 is 2.57 bits per heavy atom. The third-order valence-corrected chi connectivity index (χ3v) is 3.05. The van der Waals surface area contributed by atoms with Crippen molar-refractivity contribution >= 4 is 5.78 Å². The molecule has 0 aliphatic heterocycles. The zero-order valence-corrected chi connectivity index (χ0v) is 9.51. The van der Waals surface area contributed by atoms with E-state index in [2.05, 4.69) is 13.0 Å². The van der Waals surface area contributed by atoms with Crippen molar-refractivity contribution in [3.8, 4) is 0 Å². The van der Waals surface area contributed by atoms with Crippen LogP contribution in [-0.4, -0.2) is 5.78 Å². The molecule has 1 atom stereocenters. The first kappa shape index (κ1) is 11.5. The molecule has 1 unspecified atom stereocenters. The van der Waals surface area contributed by atoms with E-state index in [1.807, 2.05) is 0 Å². The Labute approximate surface area is 87.6 Å². The van der Waals surface area contributed by atoms with Gasteiger partial charge in [-0.15, -0.1) is 0 Å². The molecule has 0 aromatic heterocycles. The minimum Gasteiger partial charge on any atom is -0.295 e. The second-order valence-corrected chi connectivity index (χ2v) is 4.42. The highest BCUT2D eigenvalue weighted by Gasteiger charge is 2.20. The molecule has 1 rings (SSSR count). The lowest BCUT2D eigenvalue weighted by molar-refractivity contribution is -0.114. The lowest BCUT2D eigenvalue weighted by atomic mass is 9.81. The van der Waals surface area contributed by atoms with Crippen LogP contribution in [0.2, 0.25) is 0 Å². The molecule has 0 fully saturated rings. The highest BCUT2D eigenvalue weighted by molar-refractivity contribution is 5.94.